The zero-order valence-corrected chi connectivity index (χ0v) is 21.7. The number of hydrogen-bond donors (Lipinski definition) is 1. The van der Waals surface area contributed by atoms with Crippen LogP contribution in [-0.2, 0) is 9.47 Å². The summed E-state index contributed by atoms with van der Waals surface area (Å²) >= 11 is 0. The SMILES string of the molecule is CCCCCCC#Cc1ccc(C2CN=C(NC(=O)OC(C)(C)C)N2C(=O)OC(C)(C)C)cc1. The molecule has 1 heterocycles. The lowest BCUT2D eigenvalue weighted by Crippen LogP contribution is -2.48. The van der Waals surface area contributed by atoms with E-state index < -0.39 is 29.4 Å². The lowest BCUT2D eigenvalue weighted by molar-refractivity contribution is 0.0321. The average molecular weight is 470 g/mol. The molecule has 0 saturated carbocycles. The van der Waals surface area contributed by atoms with Crippen molar-refractivity contribution >= 4 is 18.1 Å². The Balaban J connectivity index is 2.15. The van der Waals surface area contributed by atoms with Crippen LogP contribution >= 0.6 is 0 Å². The summed E-state index contributed by atoms with van der Waals surface area (Å²) in [5.41, 5.74) is 0.433. The van der Waals surface area contributed by atoms with Gasteiger partial charge in [0.05, 0.1) is 12.6 Å². The molecule has 2 amide bonds. The molecule has 0 saturated heterocycles. The van der Waals surface area contributed by atoms with Crippen molar-refractivity contribution < 1.29 is 19.1 Å². The van der Waals surface area contributed by atoms with Crippen LogP contribution in [0.3, 0.4) is 0 Å². The fourth-order valence-corrected chi connectivity index (χ4v) is 3.35. The van der Waals surface area contributed by atoms with E-state index in [1.165, 1.54) is 24.2 Å². The fourth-order valence-electron chi connectivity index (χ4n) is 3.35. The summed E-state index contributed by atoms with van der Waals surface area (Å²) in [5, 5.41) is 2.60. The number of carbonyl (C=O) groups is 2. The van der Waals surface area contributed by atoms with E-state index in [4.69, 9.17) is 9.47 Å². The molecule has 0 fully saturated rings. The topological polar surface area (TPSA) is 80.2 Å². The number of amides is 2. The maximum Gasteiger partial charge on any atom is 0.417 e. The molecular formula is C27H39N3O4. The number of alkyl carbamates (subject to hydrolysis) is 1. The Morgan fingerprint density at radius 1 is 1.03 bits per heavy atom. The number of nitrogens with one attached hydrogen (secondary N) is 1. The van der Waals surface area contributed by atoms with Gasteiger partial charge in [-0.2, -0.15) is 0 Å². The van der Waals surface area contributed by atoms with Gasteiger partial charge >= 0.3 is 12.2 Å². The molecule has 1 atom stereocenters. The molecule has 1 N–H and O–H groups in total. The van der Waals surface area contributed by atoms with Crippen LogP contribution in [0.5, 0.6) is 0 Å². The van der Waals surface area contributed by atoms with Crippen LogP contribution in [-0.4, -0.2) is 40.8 Å². The van der Waals surface area contributed by atoms with E-state index in [1.54, 1.807) is 41.5 Å². The number of aliphatic imine (C=N–C) groups is 1. The van der Waals surface area contributed by atoms with Crippen LogP contribution < -0.4 is 5.32 Å². The summed E-state index contributed by atoms with van der Waals surface area (Å²) < 4.78 is 10.9. The summed E-state index contributed by atoms with van der Waals surface area (Å²) in [6, 6.07) is 7.36. The highest BCUT2D eigenvalue weighted by Crippen LogP contribution is 2.28. The van der Waals surface area contributed by atoms with Crippen molar-refractivity contribution in [3.8, 4) is 11.8 Å². The molecule has 0 bridgehead atoms. The molecule has 1 aliphatic rings. The fraction of sp³-hybridized carbons (Fsp3) is 0.593. The molecule has 0 aliphatic carbocycles. The summed E-state index contributed by atoms with van der Waals surface area (Å²) in [6.07, 6.45) is 4.44. The molecule has 1 aromatic rings. The molecule has 34 heavy (non-hydrogen) atoms. The zero-order valence-electron chi connectivity index (χ0n) is 21.7. The average Bonchev–Trinajstić information content (AvgIpc) is 3.12. The van der Waals surface area contributed by atoms with Crippen LogP contribution in [0.15, 0.2) is 29.3 Å². The predicted octanol–water partition coefficient (Wildman–Crippen LogP) is 6.18. The van der Waals surface area contributed by atoms with Crippen molar-refractivity contribution in [3.63, 3.8) is 0 Å². The standard InChI is InChI=1S/C27H39N3O4/c1-8-9-10-11-12-13-14-20-15-17-21(18-16-20)22-19-28-23(29-24(31)33-26(2,3)4)30(22)25(32)34-27(5,6)7/h15-18,22H,8-12,19H2,1-7H3,(H,28,29,31). The third-order valence-corrected chi connectivity index (χ3v) is 4.84. The number of ether oxygens (including phenoxy) is 2. The molecule has 0 aromatic heterocycles. The minimum Gasteiger partial charge on any atom is -0.444 e. The van der Waals surface area contributed by atoms with Crippen LogP contribution in [0.1, 0.15) is 97.7 Å². The van der Waals surface area contributed by atoms with E-state index >= 15 is 0 Å². The Bertz CT molecular complexity index is 928. The van der Waals surface area contributed by atoms with Gasteiger partial charge in [-0.05, 0) is 65.7 Å². The first-order valence-corrected chi connectivity index (χ1v) is 12.0. The Labute approximate surface area is 204 Å². The lowest BCUT2D eigenvalue weighted by Gasteiger charge is -2.29. The van der Waals surface area contributed by atoms with Gasteiger partial charge in [-0.1, -0.05) is 50.2 Å². The van der Waals surface area contributed by atoms with Gasteiger partial charge < -0.3 is 9.47 Å². The number of unbranched alkanes of at least 4 members (excludes halogenated alkanes) is 4. The molecule has 1 unspecified atom stereocenters. The molecule has 1 aliphatic heterocycles. The third kappa shape index (κ3) is 9.09. The highest BCUT2D eigenvalue weighted by Gasteiger charge is 2.38. The maximum atomic E-state index is 13.0. The van der Waals surface area contributed by atoms with Crippen LogP contribution in [0.25, 0.3) is 0 Å². The van der Waals surface area contributed by atoms with Gasteiger partial charge in [-0.3, -0.25) is 5.32 Å². The van der Waals surface area contributed by atoms with Gasteiger partial charge in [0.2, 0.25) is 5.96 Å². The molecule has 0 radical (unpaired) electrons. The predicted molar refractivity (Wildman–Crippen MR) is 135 cm³/mol. The quantitative estimate of drug-likeness (QED) is 0.412. The van der Waals surface area contributed by atoms with Crippen molar-refractivity contribution in [2.45, 2.75) is 97.8 Å². The normalized spacial score (nSPS) is 15.8. The second-order valence-corrected chi connectivity index (χ2v) is 10.4. The van der Waals surface area contributed by atoms with Gasteiger partial charge in [0, 0.05) is 12.0 Å². The van der Waals surface area contributed by atoms with Gasteiger partial charge in [-0.25, -0.2) is 19.5 Å². The molecule has 2 rings (SSSR count). The molecule has 7 heteroatoms. The van der Waals surface area contributed by atoms with E-state index in [0.717, 1.165) is 24.0 Å². The largest absolute Gasteiger partial charge is 0.444 e. The summed E-state index contributed by atoms with van der Waals surface area (Å²) in [5.74, 6) is 6.55. The monoisotopic (exact) mass is 469 g/mol. The number of hydrogen-bond acceptors (Lipinski definition) is 5. The molecule has 1 aromatic carbocycles. The third-order valence-electron chi connectivity index (χ3n) is 4.84. The molecular weight excluding hydrogens is 430 g/mol. The maximum absolute atomic E-state index is 13.0. The Hall–Kier alpha value is -3.01. The Morgan fingerprint density at radius 2 is 1.68 bits per heavy atom. The molecule has 0 spiro atoms. The minimum atomic E-state index is -0.697. The second kappa shape index (κ2) is 11.9. The highest BCUT2D eigenvalue weighted by molar-refractivity contribution is 6.02. The van der Waals surface area contributed by atoms with E-state index in [-0.39, 0.29) is 5.96 Å². The van der Waals surface area contributed by atoms with Crippen LogP contribution in [0, 0.1) is 11.8 Å². The number of carbonyl (C=O) groups excluding carboxylic acids is 2. The highest BCUT2D eigenvalue weighted by atomic mass is 16.6. The van der Waals surface area contributed by atoms with Gasteiger partial charge in [-0.15, -0.1) is 0 Å². The molecule has 7 nitrogen and oxygen atoms in total. The van der Waals surface area contributed by atoms with Crippen molar-refractivity contribution in [2.75, 3.05) is 6.54 Å². The Kier molecular flexibility index (Phi) is 9.55. The first kappa shape index (κ1) is 27.2. The number of benzene rings is 1. The first-order valence-electron chi connectivity index (χ1n) is 12.0. The van der Waals surface area contributed by atoms with Crippen LogP contribution in [0.4, 0.5) is 9.59 Å². The first-order chi connectivity index (χ1) is 15.9. The summed E-state index contributed by atoms with van der Waals surface area (Å²) in [6.45, 7) is 13.2. The van der Waals surface area contributed by atoms with Crippen molar-refractivity contribution in [2.24, 2.45) is 4.99 Å². The van der Waals surface area contributed by atoms with Crippen LogP contribution in [0.2, 0.25) is 0 Å². The smallest absolute Gasteiger partial charge is 0.417 e. The van der Waals surface area contributed by atoms with E-state index in [1.807, 2.05) is 24.3 Å². The number of nitrogens with zero attached hydrogens (tertiary/aromatic N) is 2. The van der Waals surface area contributed by atoms with E-state index in [2.05, 4.69) is 29.1 Å². The summed E-state index contributed by atoms with van der Waals surface area (Å²) in [7, 11) is 0. The van der Waals surface area contributed by atoms with Crippen molar-refractivity contribution in [3.05, 3.63) is 35.4 Å². The summed E-state index contributed by atoms with van der Waals surface area (Å²) in [4.78, 5) is 31.2. The number of rotatable bonds is 5. The zero-order chi connectivity index (χ0) is 25.4. The van der Waals surface area contributed by atoms with Crippen molar-refractivity contribution in [1.82, 2.24) is 10.2 Å². The van der Waals surface area contributed by atoms with E-state index in [9.17, 15) is 9.59 Å². The van der Waals surface area contributed by atoms with E-state index in [0.29, 0.717) is 6.54 Å². The Morgan fingerprint density at radius 3 is 2.26 bits per heavy atom. The van der Waals surface area contributed by atoms with Crippen molar-refractivity contribution in [1.29, 1.82) is 0 Å². The second-order valence-electron chi connectivity index (χ2n) is 10.4. The lowest BCUT2D eigenvalue weighted by atomic mass is 10.0. The molecule has 186 valence electrons. The minimum absolute atomic E-state index is 0.115. The number of guanidine groups is 1. The van der Waals surface area contributed by atoms with Gasteiger partial charge in [0.25, 0.3) is 0 Å². The van der Waals surface area contributed by atoms with Gasteiger partial charge in [0.15, 0.2) is 0 Å². The van der Waals surface area contributed by atoms with Gasteiger partial charge in [0.1, 0.15) is 11.2 Å².